The van der Waals surface area contributed by atoms with Gasteiger partial charge in [-0.25, -0.2) is 12.7 Å². The third kappa shape index (κ3) is 6.39. The highest BCUT2D eigenvalue weighted by Gasteiger charge is 2.48. The van der Waals surface area contributed by atoms with E-state index in [0.717, 1.165) is 4.31 Å². The van der Waals surface area contributed by atoms with Crippen molar-refractivity contribution < 1.29 is 27.5 Å². The zero-order valence-corrected chi connectivity index (χ0v) is 22.9. The third-order valence-electron chi connectivity index (χ3n) is 6.22. The first-order chi connectivity index (χ1) is 17.0. The molecule has 1 aliphatic rings. The van der Waals surface area contributed by atoms with Crippen LogP contribution in [0.2, 0.25) is 10.0 Å². The Balaban J connectivity index is 2.20. The van der Waals surface area contributed by atoms with Crippen LogP contribution in [-0.2, 0) is 29.1 Å². The maximum absolute atomic E-state index is 13.9. The fraction of sp³-hybridized carbons (Fsp3) is 0.440. The molecule has 4 atom stereocenters. The second kappa shape index (κ2) is 11.9. The summed E-state index contributed by atoms with van der Waals surface area (Å²) in [4.78, 5) is 27.6. The number of benzene rings is 2. The average Bonchev–Trinajstić information content (AvgIpc) is 2.84. The smallest absolute Gasteiger partial charge is 0.308 e. The lowest BCUT2D eigenvalue weighted by Crippen LogP contribution is -2.57. The Kier molecular flexibility index (Phi) is 9.40. The van der Waals surface area contributed by atoms with Gasteiger partial charge in [0.15, 0.2) is 0 Å². The number of morpholine rings is 1. The predicted molar refractivity (Wildman–Crippen MR) is 138 cm³/mol. The van der Waals surface area contributed by atoms with Gasteiger partial charge < -0.3 is 14.4 Å². The van der Waals surface area contributed by atoms with Crippen LogP contribution < -0.4 is 0 Å². The molecule has 2 aromatic carbocycles. The number of amides is 1. The molecule has 1 heterocycles. The molecule has 0 aliphatic carbocycles. The summed E-state index contributed by atoms with van der Waals surface area (Å²) in [5, 5.41) is 0.986. The number of hydrogen-bond acceptors (Lipinski definition) is 6. The van der Waals surface area contributed by atoms with Gasteiger partial charge in [-0.3, -0.25) is 9.59 Å². The Bertz CT molecular complexity index is 1190. The van der Waals surface area contributed by atoms with Crippen LogP contribution in [-0.4, -0.2) is 68.6 Å². The maximum atomic E-state index is 13.9. The lowest BCUT2D eigenvalue weighted by Gasteiger charge is -2.48. The van der Waals surface area contributed by atoms with Crippen molar-refractivity contribution in [2.45, 2.75) is 44.1 Å². The maximum Gasteiger partial charge on any atom is 0.308 e. The first kappa shape index (κ1) is 28.4. The van der Waals surface area contributed by atoms with Gasteiger partial charge in [0.2, 0.25) is 10.0 Å². The molecule has 3 rings (SSSR count). The lowest BCUT2D eigenvalue weighted by molar-refractivity contribution is -0.183. The Morgan fingerprint density at radius 3 is 2.33 bits per heavy atom. The van der Waals surface area contributed by atoms with Gasteiger partial charge in [0, 0.05) is 30.2 Å². The van der Waals surface area contributed by atoms with Crippen LogP contribution in [0.25, 0.3) is 0 Å². The summed E-state index contributed by atoms with van der Waals surface area (Å²) in [5.41, 5.74) is 1.38. The number of methoxy groups -OCH3 is 1. The number of hydrogen-bond donors (Lipinski definition) is 0. The summed E-state index contributed by atoms with van der Waals surface area (Å²) in [6.45, 7) is 1.82. The van der Waals surface area contributed by atoms with Gasteiger partial charge in [-0.15, -0.1) is 0 Å². The summed E-state index contributed by atoms with van der Waals surface area (Å²) in [6, 6.07) is 12.6. The molecule has 0 aromatic heterocycles. The highest BCUT2D eigenvalue weighted by molar-refractivity contribution is 7.89. The summed E-state index contributed by atoms with van der Waals surface area (Å²) >= 11 is 12.4. The molecule has 1 amide bonds. The average molecular weight is 557 g/mol. The number of halogens is 2. The van der Waals surface area contributed by atoms with Crippen molar-refractivity contribution in [1.29, 1.82) is 0 Å². The molecule has 0 unspecified atom stereocenters. The Morgan fingerprint density at radius 2 is 1.78 bits per heavy atom. The van der Waals surface area contributed by atoms with Gasteiger partial charge >= 0.3 is 5.97 Å². The fourth-order valence-corrected chi connectivity index (χ4v) is 5.77. The van der Waals surface area contributed by atoms with Gasteiger partial charge in [-0.05, 0) is 41.8 Å². The topological polar surface area (TPSA) is 93.2 Å². The van der Waals surface area contributed by atoms with E-state index < -0.39 is 46.2 Å². The normalized spacial score (nSPS) is 21.5. The molecule has 196 valence electrons. The van der Waals surface area contributed by atoms with E-state index in [1.54, 1.807) is 47.4 Å². The first-order valence-electron chi connectivity index (χ1n) is 11.4. The molecule has 0 saturated carbocycles. The largest absolute Gasteiger partial charge is 0.469 e. The van der Waals surface area contributed by atoms with Gasteiger partial charge in [-0.1, -0.05) is 54.4 Å². The summed E-state index contributed by atoms with van der Waals surface area (Å²) < 4.78 is 38.0. The van der Waals surface area contributed by atoms with Crippen LogP contribution in [0.4, 0.5) is 0 Å². The quantitative estimate of drug-likeness (QED) is 0.429. The Morgan fingerprint density at radius 1 is 1.11 bits per heavy atom. The van der Waals surface area contributed by atoms with E-state index in [2.05, 4.69) is 0 Å². The minimum absolute atomic E-state index is 0.292. The van der Waals surface area contributed by atoms with Crippen molar-refractivity contribution in [1.82, 2.24) is 9.21 Å². The van der Waals surface area contributed by atoms with Gasteiger partial charge in [0.1, 0.15) is 12.2 Å². The van der Waals surface area contributed by atoms with E-state index in [0.29, 0.717) is 27.6 Å². The van der Waals surface area contributed by atoms with E-state index >= 15 is 0 Å². The molecule has 0 N–H and O–H groups in total. The standard InChI is InChI=1S/C25H30Cl2N2O6S/c1-5-20(15-36(32,33)28(2)3)29-23(16-9-11-18(26)12-10-16)24(17-7-6-8-19(27)13-17)35-21(25(29)31)14-22(30)34-4/h6-13,20-21,23-24H,5,14-15H2,1-4H3/t20-,21-,23+,24+/m0/s1. The zero-order valence-electron chi connectivity index (χ0n) is 20.6. The van der Waals surface area contributed by atoms with Crippen LogP contribution in [0.3, 0.4) is 0 Å². The number of sulfonamides is 1. The molecular formula is C25H30Cl2N2O6S. The number of carbonyl (C=O) groups is 2. The number of ether oxygens (including phenoxy) is 2. The van der Waals surface area contributed by atoms with E-state index in [-0.39, 0.29) is 12.2 Å². The number of rotatable bonds is 9. The van der Waals surface area contributed by atoms with E-state index in [9.17, 15) is 18.0 Å². The number of nitrogens with zero attached hydrogens (tertiary/aromatic N) is 2. The second-order valence-corrected chi connectivity index (χ2v) is 11.8. The molecule has 1 fully saturated rings. The van der Waals surface area contributed by atoms with Crippen molar-refractivity contribution in [3.63, 3.8) is 0 Å². The van der Waals surface area contributed by atoms with Crippen molar-refractivity contribution >= 4 is 45.1 Å². The molecular weight excluding hydrogens is 527 g/mol. The molecule has 0 radical (unpaired) electrons. The van der Waals surface area contributed by atoms with Crippen LogP contribution in [0.1, 0.15) is 43.0 Å². The first-order valence-corrected chi connectivity index (χ1v) is 13.8. The van der Waals surface area contributed by atoms with E-state index in [1.165, 1.54) is 21.2 Å². The van der Waals surface area contributed by atoms with Crippen LogP contribution >= 0.6 is 23.2 Å². The monoisotopic (exact) mass is 556 g/mol. The lowest BCUT2D eigenvalue weighted by atomic mass is 9.89. The highest BCUT2D eigenvalue weighted by Crippen LogP contribution is 2.44. The van der Waals surface area contributed by atoms with Gasteiger partial charge in [0.05, 0.1) is 25.3 Å². The SMILES string of the molecule is CC[C@@H](CS(=O)(=O)N(C)C)N1C(=O)[C@H](CC(=O)OC)O[C@H](c2cccc(Cl)c2)[C@H]1c1ccc(Cl)cc1. The highest BCUT2D eigenvalue weighted by atomic mass is 35.5. The van der Waals surface area contributed by atoms with Crippen LogP contribution in [0.5, 0.6) is 0 Å². The van der Waals surface area contributed by atoms with Crippen LogP contribution in [0, 0.1) is 0 Å². The molecule has 1 saturated heterocycles. The van der Waals surface area contributed by atoms with Gasteiger partial charge in [-0.2, -0.15) is 0 Å². The number of carbonyl (C=O) groups excluding carboxylic acids is 2. The second-order valence-electron chi connectivity index (χ2n) is 8.75. The molecule has 11 heteroatoms. The zero-order chi connectivity index (χ0) is 26.6. The van der Waals surface area contributed by atoms with Crippen molar-refractivity contribution in [2.24, 2.45) is 0 Å². The molecule has 2 aromatic rings. The van der Waals surface area contributed by atoms with Crippen molar-refractivity contribution in [3.8, 4) is 0 Å². The summed E-state index contributed by atoms with van der Waals surface area (Å²) in [7, 11) is 0.475. The van der Waals surface area contributed by atoms with Crippen LogP contribution in [0.15, 0.2) is 48.5 Å². The third-order valence-corrected chi connectivity index (χ3v) is 8.63. The fourth-order valence-electron chi connectivity index (χ4n) is 4.26. The molecule has 1 aliphatic heterocycles. The Hall–Kier alpha value is -2.17. The minimum Gasteiger partial charge on any atom is -0.469 e. The van der Waals surface area contributed by atoms with Crippen molar-refractivity contribution in [3.05, 3.63) is 69.7 Å². The Labute approximate surface area is 222 Å². The summed E-state index contributed by atoms with van der Waals surface area (Å²) in [5.74, 6) is -1.39. The molecule has 36 heavy (non-hydrogen) atoms. The molecule has 0 bridgehead atoms. The minimum atomic E-state index is -3.66. The molecule has 8 nitrogen and oxygen atoms in total. The number of esters is 1. The molecule has 0 spiro atoms. The van der Waals surface area contributed by atoms with Crippen molar-refractivity contribution in [2.75, 3.05) is 27.0 Å². The van der Waals surface area contributed by atoms with Gasteiger partial charge in [0.25, 0.3) is 5.91 Å². The van der Waals surface area contributed by atoms with E-state index in [4.69, 9.17) is 32.7 Å². The van der Waals surface area contributed by atoms with E-state index in [1.807, 2.05) is 13.0 Å². The summed E-state index contributed by atoms with van der Waals surface area (Å²) in [6.07, 6.45) is -1.86. The predicted octanol–water partition coefficient (Wildman–Crippen LogP) is 4.24.